The number of hydrogen-bond acceptors (Lipinski definition) is 4. The first kappa shape index (κ1) is 17.7. The van der Waals surface area contributed by atoms with Crippen molar-refractivity contribution in [3.63, 3.8) is 0 Å². The molecule has 0 radical (unpaired) electrons. The van der Waals surface area contributed by atoms with E-state index in [9.17, 15) is 4.79 Å². The van der Waals surface area contributed by atoms with Crippen LogP contribution >= 0.6 is 0 Å². The number of benzene rings is 2. The number of pyridine rings is 1. The van der Waals surface area contributed by atoms with Gasteiger partial charge in [0, 0.05) is 11.8 Å². The van der Waals surface area contributed by atoms with Gasteiger partial charge in [-0.3, -0.25) is 4.98 Å². The molecule has 0 saturated heterocycles. The standard InChI is InChI=1S/C22H21NO3/c1-3-4-16-5-14-21(23-15-16)17-6-12-20(13-7-17)26-22(24)18-8-10-19(25-2)11-9-18/h5-15H,3-4H2,1-2H3. The average molecular weight is 347 g/mol. The lowest BCUT2D eigenvalue weighted by molar-refractivity contribution is 0.0735. The van der Waals surface area contributed by atoms with E-state index in [0.29, 0.717) is 17.1 Å². The highest BCUT2D eigenvalue weighted by Gasteiger charge is 2.09. The van der Waals surface area contributed by atoms with Gasteiger partial charge in [0.05, 0.1) is 18.4 Å². The average Bonchev–Trinajstić information content (AvgIpc) is 2.69. The summed E-state index contributed by atoms with van der Waals surface area (Å²) in [6.45, 7) is 2.15. The fraction of sp³-hybridized carbons (Fsp3) is 0.182. The van der Waals surface area contributed by atoms with Crippen LogP contribution < -0.4 is 9.47 Å². The van der Waals surface area contributed by atoms with Crippen molar-refractivity contribution in [1.82, 2.24) is 4.98 Å². The third kappa shape index (κ3) is 4.28. The summed E-state index contributed by atoms with van der Waals surface area (Å²) >= 11 is 0. The second-order valence-electron chi connectivity index (χ2n) is 5.94. The third-order valence-electron chi connectivity index (χ3n) is 4.05. The Balaban J connectivity index is 1.67. The molecule has 0 fully saturated rings. The van der Waals surface area contributed by atoms with E-state index in [1.54, 1.807) is 43.5 Å². The van der Waals surface area contributed by atoms with Crippen molar-refractivity contribution < 1.29 is 14.3 Å². The molecule has 1 aromatic heterocycles. The first-order valence-corrected chi connectivity index (χ1v) is 8.61. The van der Waals surface area contributed by atoms with Gasteiger partial charge in [-0.1, -0.05) is 19.4 Å². The lowest BCUT2D eigenvalue weighted by atomic mass is 10.1. The molecule has 132 valence electrons. The van der Waals surface area contributed by atoms with Crippen molar-refractivity contribution in [2.45, 2.75) is 19.8 Å². The number of aryl methyl sites for hydroxylation is 1. The molecule has 4 nitrogen and oxygen atoms in total. The SMILES string of the molecule is CCCc1ccc(-c2ccc(OC(=O)c3ccc(OC)cc3)cc2)nc1. The van der Waals surface area contributed by atoms with E-state index in [2.05, 4.69) is 18.0 Å². The van der Waals surface area contributed by atoms with Gasteiger partial charge in [-0.15, -0.1) is 0 Å². The number of methoxy groups -OCH3 is 1. The van der Waals surface area contributed by atoms with Gasteiger partial charge in [0.25, 0.3) is 0 Å². The zero-order valence-corrected chi connectivity index (χ0v) is 14.9. The Morgan fingerprint density at radius 1 is 0.923 bits per heavy atom. The molecule has 2 aromatic carbocycles. The van der Waals surface area contributed by atoms with Crippen LogP contribution in [0.5, 0.6) is 11.5 Å². The van der Waals surface area contributed by atoms with E-state index in [1.165, 1.54) is 5.56 Å². The monoisotopic (exact) mass is 347 g/mol. The Hall–Kier alpha value is -3.14. The normalized spacial score (nSPS) is 10.4. The minimum Gasteiger partial charge on any atom is -0.497 e. The molecule has 0 unspecified atom stereocenters. The van der Waals surface area contributed by atoms with Crippen LogP contribution in [0.25, 0.3) is 11.3 Å². The largest absolute Gasteiger partial charge is 0.497 e. The molecule has 0 saturated carbocycles. The lowest BCUT2D eigenvalue weighted by Crippen LogP contribution is -2.08. The first-order valence-electron chi connectivity index (χ1n) is 8.61. The summed E-state index contributed by atoms with van der Waals surface area (Å²) in [5.74, 6) is 0.794. The molecule has 0 amide bonds. The molecule has 0 N–H and O–H groups in total. The summed E-state index contributed by atoms with van der Waals surface area (Å²) in [4.78, 5) is 16.7. The van der Waals surface area contributed by atoms with E-state index in [4.69, 9.17) is 9.47 Å². The Morgan fingerprint density at radius 3 is 2.19 bits per heavy atom. The molecule has 3 aromatic rings. The maximum absolute atomic E-state index is 12.2. The van der Waals surface area contributed by atoms with Gasteiger partial charge in [0.15, 0.2) is 0 Å². The van der Waals surface area contributed by atoms with Crippen LogP contribution in [0.15, 0.2) is 66.9 Å². The zero-order valence-electron chi connectivity index (χ0n) is 14.9. The van der Waals surface area contributed by atoms with E-state index in [1.807, 2.05) is 24.4 Å². The number of ether oxygens (including phenoxy) is 2. The molecule has 0 aliphatic rings. The number of esters is 1. The number of nitrogens with zero attached hydrogens (tertiary/aromatic N) is 1. The summed E-state index contributed by atoms with van der Waals surface area (Å²) in [7, 11) is 1.58. The van der Waals surface area contributed by atoms with Crippen molar-refractivity contribution in [2.24, 2.45) is 0 Å². The Kier molecular flexibility index (Phi) is 5.64. The van der Waals surface area contributed by atoms with Gasteiger partial charge < -0.3 is 9.47 Å². The van der Waals surface area contributed by atoms with E-state index < -0.39 is 5.97 Å². The van der Waals surface area contributed by atoms with Crippen LogP contribution in [0, 0.1) is 0 Å². The molecule has 3 rings (SSSR count). The topological polar surface area (TPSA) is 48.4 Å². The first-order chi connectivity index (χ1) is 12.7. The number of aromatic nitrogens is 1. The molecule has 26 heavy (non-hydrogen) atoms. The smallest absolute Gasteiger partial charge is 0.343 e. The predicted molar refractivity (Wildman–Crippen MR) is 102 cm³/mol. The maximum atomic E-state index is 12.2. The highest BCUT2D eigenvalue weighted by Crippen LogP contribution is 2.22. The summed E-state index contributed by atoms with van der Waals surface area (Å²) in [5.41, 5.74) is 3.60. The minimum absolute atomic E-state index is 0.401. The number of hydrogen-bond donors (Lipinski definition) is 0. The van der Waals surface area contributed by atoms with E-state index in [0.717, 1.165) is 24.1 Å². The van der Waals surface area contributed by atoms with Crippen LogP contribution in [0.2, 0.25) is 0 Å². The highest BCUT2D eigenvalue weighted by molar-refractivity contribution is 5.91. The fourth-order valence-electron chi connectivity index (χ4n) is 2.62. The molecule has 0 aliphatic carbocycles. The summed E-state index contributed by atoms with van der Waals surface area (Å²) < 4.78 is 10.5. The van der Waals surface area contributed by atoms with Crippen LogP contribution in [0.3, 0.4) is 0 Å². The summed E-state index contributed by atoms with van der Waals surface area (Å²) in [6.07, 6.45) is 4.05. The van der Waals surface area contributed by atoms with Crippen molar-refractivity contribution in [1.29, 1.82) is 0 Å². The second-order valence-corrected chi connectivity index (χ2v) is 5.94. The molecular formula is C22H21NO3. The molecule has 1 heterocycles. The van der Waals surface area contributed by atoms with Gasteiger partial charge in [-0.25, -0.2) is 4.79 Å². The van der Waals surface area contributed by atoms with E-state index >= 15 is 0 Å². The molecule has 4 heteroatoms. The third-order valence-corrected chi connectivity index (χ3v) is 4.05. The van der Waals surface area contributed by atoms with Gasteiger partial charge in [0.1, 0.15) is 11.5 Å². The van der Waals surface area contributed by atoms with Gasteiger partial charge in [-0.05, 0) is 66.6 Å². The summed E-state index contributed by atoms with van der Waals surface area (Å²) in [5, 5.41) is 0. The van der Waals surface area contributed by atoms with Gasteiger partial charge in [0.2, 0.25) is 0 Å². The number of carbonyl (C=O) groups excluding carboxylic acids is 1. The Bertz CT molecular complexity index is 853. The number of carbonyl (C=O) groups is 1. The number of rotatable bonds is 6. The minimum atomic E-state index is -0.401. The maximum Gasteiger partial charge on any atom is 0.343 e. The lowest BCUT2D eigenvalue weighted by Gasteiger charge is -2.07. The summed E-state index contributed by atoms with van der Waals surface area (Å²) in [6, 6.07) is 18.3. The van der Waals surface area contributed by atoms with Gasteiger partial charge >= 0.3 is 5.97 Å². The van der Waals surface area contributed by atoms with Crippen LogP contribution in [0.4, 0.5) is 0 Å². The van der Waals surface area contributed by atoms with Crippen LogP contribution in [-0.4, -0.2) is 18.1 Å². The van der Waals surface area contributed by atoms with Gasteiger partial charge in [-0.2, -0.15) is 0 Å². The molecule has 0 atom stereocenters. The fourth-order valence-corrected chi connectivity index (χ4v) is 2.62. The molecular weight excluding hydrogens is 326 g/mol. The predicted octanol–water partition coefficient (Wildman–Crippen LogP) is 4.93. The van der Waals surface area contributed by atoms with Crippen molar-refractivity contribution in [2.75, 3.05) is 7.11 Å². The van der Waals surface area contributed by atoms with Crippen molar-refractivity contribution in [3.05, 3.63) is 78.0 Å². The van der Waals surface area contributed by atoms with Crippen LogP contribution in [0.1, 0.15) is 29.3 Å². The quantitative estimate of drug-likeness (QED) is 0.469. The van der Waals surface area contributed by atoms with Crippen molar-refractivity contribution >= 4 is 5.97 Å². The molecule has 0 aliphatic heterocycles. The Labute approximate surface area is 153 Å². The van der Waals surface area contributed by atoms with Crippen molar-refractivity contribution in [3.8, 4) is 22.8 Å². The highest BCUT2D eigenvalue weighted by atomic mass is 16.5. The zero-order chi connectivity index (χ0) is 18.4. The molecule has 0 spiro atoms. The van der Waals surface area contributed by atoms with Crippen LogP contribution in [-0.2, 0) is 6.42 Å². The Morgan fingerprint density at radius 2 is 1.62 bits per heavy atom. The van der Waals surface area contributed by atoms with E-state index in [-0.39, 0.29) is 0 Å². The molecule has 0 bridgehead atoms. The second kappa shape index (κ2) is 8.30.